The molecule has 0 N–H and O–H groups in total. The van der Waals surface area contributed by atoms with Gasteiger partial charge in [-0.3, -0.25) is 0 Å². The predicted octanol–water partition coefficient (Wildman–Crippen LogP) is 7.80. The molecule has 0 aromatic heterocycles. The van der Waals surface area contributed by atoms with Crippen LogP contribution in [0.25, 0.3) is 5.57 Å². The summed E-state index contributed by atoms with van der Waals surface area (Å²) in [4.78, 5) is 0. The van der Waals surface area contributed by atoms with Crippen molar-refractivity contribution < 1.29 is 8.78 Å². The molecule has 0 radical (unpaired) electrons. The molecule has 0 nitrogen and oxygen atoms in total. The van der Waals surface area contributed by atoms with Gasteiger partial charge >= 0.3 is 0 Å². The number of allylic oxidation sites excluding steroid dienone is 2. The molecular weight excluding hydrogens is 314 g/mol. The lowest BCUT2D eigenvalue weighted by molar-refractivity contribution is 0.151. The first-order valence-electron chi connectivity index (χ1n) is 10.2. The minimum Gasteiger partial charge on any atom is -0.205 e. The number of alkyl halides is 2. The van der Waals surface area contributed by atoms with Crippen molar-refractivity contribution in [3.63, 3.8) is 0 Å². The molecule has 1 aromatic carbocycles. The van der Waals surface area contributed by atoms with E-state index in [1.54, 1.807) is 12.1 Å². The zero-order chi connectivity index (χ0) is 17.6. The van der Waals surface area contributed by atoms with Crippen LogP contribution in [0.2, 0.25) is 0 Å². The first-order chi connectivity index (χ1) is 12.2. The Hall–Kier alpha value is -1.18. The second kappa shape index (κ2) is 8.96. The van der Waals surface area contributed by atoms with E-state index in [2.05, 4.69) is 13.0 Å². The van der Waals surface area contributed by atoms with E-state index in [4.69, 9.17) is 0 Å². The van der Waals surface area contributed by atoms with Crippen LogP contribution in [0.15, 0.2) is 30.3 Å². The minimum atomic E-state index is -2.37. The van der Waals surface area contributed by atoms with Crippen LogP contribution in [0, 0.1) is 17.8 Å². The third-order valence-electron chi connectivity index (χ3n) is 6.51. The highest BCUT2D eigenvalue weighted by Gasteiger charge is 2.28. The molecule has 1 aromatic rings. The molecule has 2 aliphatic carbocycles. The summed E-state index contributed by atoms with van der Waals surface area (Å²) in [6.07, 6.45) is 13.4. The average molecular weight is 347 g/mol. The lowest BCUT2D eigenvalue weighted by Gasteiger charge is -2.35. The van der Waals surface area contributed by atoms with Crippen LogP contribution < -0.4 is 0 Å². The van der Waals surface area contributed by atoms with E-state index < -0.39 is 6.43 Å². The van der Waals surface area contributed by atoms with E-state index in [9.17, 15) is 8.78 Å². The van der Waals surface area contributed by atoms with Gasteiger partial charge in [0.1, 0.15) is 0 Å². The van der Waals surface area contributed by atoms with Gasteiger partial charge in [0.2, 0.25) is 0 Å². The van der Waals surface area contributed by atoms with Crippen molar-refractivity contribution in [2.45, 2.75) is 77.6 Å². The highest BCUT2D eigenvalue weighted by molar-refractivity contribution is 5.66. The molecule has 0 spiro atoms. The third-order valence-corrected chi connectivity index (χ3v) is 6.51. The van der Waals surface area contributed by atoms with Gasteiger partial charge in [0.25, 0.3) is 6.43 Å². The molecule has 0 aliphatic heterocycles. The standard InChI is InChI=1S/C23H32F2/c1-2-3-4-17-5-7-18(8-6-17)19-9-11-20(12-10-19)21-13-15-22(16-14-21)23(24)25/h11,13-19,23H,2-10,12H2,1H3. The largest absolute Gasteiger partial charge is 0.263 e. The highest BCUT2D eigenvalue weighted by atomic mass is 19.3. The van der Waals surface area contributed by atoms with Crippen molar-refractivity contribution in [2.24, 2.45) is 17.8 Å². The molecule has 138 valence electrons. The molecule has 2 aliphatic rings. The van der Waals surface area contributed by atoms with E-state index in [1.807, 2.05) is 12.1 Å². The molecule has 25 heavy (non-hydrogen) atoms. The number of hydrogen-bond acceptors (Lipinski definition) is 0. The summed E-state index contributed by atoms with van der Waals surface area (Å²) >= 11 is 0. The summed E-state index contributed by atoms with van der Waals surface area (Å²) in [6.45, 7) is 2.29. The summed E-state index contributed by atoms with van der Waals surface area (Å²) in [5, 5.41) is 0. The number of halogens is 2. The van der Waals surface area contributed by atoms with Crippen molar-refractivity contribution in [3.8, 4) is 0 Å². The van der Waals surface area contributed by atoms with Crippen LogP contribution in [0.5, 0.6) is 0 Å². The Morgan fingerprint density at radius 1 is 0.960 bits per heavy atom. The Labute approximate surface area is 151 Å². The zero-order valence-electron chi connectivity index (χ0n) is 15.5. The summed E-state index contributed by atoms with van der Waals surface area (Å²) in [5.41, 5.74) is 2.61. The van der Waals surface area contributed by atoms with Gasteiger partial charge in [-0.15, -0.1) is 0 Å². The maximum Gasteiger partial charge on any atom is 0.263 e. The smallest absolute Gasteiger partial charge is 0.205 e. The van der Waals surface area contributed by atoms with Crippen LogP contribution in [0.1, 0.15) is 88.7 Å². The second-order valence-corrected chi connectivity index (χ2v) is 8.11. The van der Waals surface area contributed by atoms with E-state index in [1.165, 1.54) is 63.4 Å². The summed E-state index contributed by atoms with van der Waals surface area (Å²) in [5.74, 6) is 2.74. The Bertz CT molecular complexity index is 550. The second-order valence-electron chi connectivity index (χ2n) is 8.11. The van der Waals surface area contributed by atoms with Crippen LogP contribution in [-0.4, -0.2) is 0 Å². The molecule has 1 fully saturated rings. The van der Waals surface area contributed by atoms with Gasteiger partial charge < -0.3 is 0 Å². The SMILES string of the molecule is CCCCC1CCC(C2CC=C(c3ccc(C(F)F)cc3)CC2)CC1. The fraction of sp³-hybridized carbons (Fsp3) is 0.652. The Kier molecular flexibility index (Phi) is 6.67. The van der Waals surface area contributed by atoms with Crippen LogP contribution in [-0.2, 0) is 0 Å². The van der Waals surface area contributed by atoms with Gasteiger partial charge in [0.15, 0.2) is 0 Å². The first kappa shape index (κ1) is 18.6. The summed E-state index contributed by atoms with van der Waals surface area (Å²) in [6, 6.07) is 6.88. The summed E-state index contributed by atoms with van der Waals surface area (Å²) < 4.78 is 25.4. The number of rotatable bonds is 6. The number of benzene rings is 1. The fourth-order valence-electron chi connectivity index (χ4n) is 4.83. The van der Waals surface area contributed by atoms with E-state index >= 15 is 0 Å². The highest BCUT2D eigenvalue weighted by Crippen LogP contribution is 2.42. The molecule has 3 rings (SSSR count). The zero-order valence-corrected chi connectivity index (χ0v) is 15.5. The predicted molar refractivity (Wildman–Crippen MR) is 102 cm³/mol. The van der Waals surface area contributed by atoms with Gasteiger partial charge in [-0.2, -0.15) is 0 Å². The monoisotopic (exact) mass is 346 g/mol. The van der Waals surface area contributed by atoms with Gasteiger partial charge in [-0.1, -0.05) is 69.4 Å². The van der Waals surface area contributed by atoms with Crippen LogP contribution in [0.4, 0.5) is 8.78 Å². The topological polar surface area (TPSA) is 0 Å². The minimum absolute atomic E-state index is 0.123. The number of unbranched alkanes of at least 4 members (excludes halogenated alkanes) is 1. The lowest BCUT2D eigenvalue weighted by atomic mass is 9.70. The van der Waals surface area contributed by atoms with Crippen molar-refractivity contribution in [2.75, 3.05) is 0 Å². The summed E-state index contributed by atoms with van der Waals surface area (Å²) in [7, 11) is 0. The first-order valence-corrected chi connectivity index (χ1v) is 10.2. The lowest BCUT2D eigenvalue weighted by Crippen LogP contribution is -2.23. The van der Waals surface area contributed by atoms with Crippen LogP contribution in [0.3, 0.4) is 0 Å². The molecule has 1 atom stereocenters. The van der Waals surface area contributed by atoms with Crippen molar-refractivity contribution in [3.05, 3.63) is 41.5 Å². The molecule has 1 saturated carbocycles. The van der Waals surface area contributed by atoms with Gasteiger partial charge in [0.05, 0.1) is 0 Å². The van der Waals surface area contributed by atoms with E-state index in [-0.39, 0.29) is 5.56 Å². The van der Waals surface area contributed by atoms with Gasteiger partial charge in [0, 0.05) is 5.56 Å². The number of hydrogen-bond donors (Lipinski definition) is 0. The molecule has 0 saturated heterocycles. The van der Waals surface area contributed by atoms with Gasteiger partial charge in [-0.25, -0.2) is 8.78 Å². The Morgan fingerprint density at radius 2 is 1.68 bits per heavy atom. The Morgan fingerprint density at radius 3 is 2.24 bits per heavy atom. The molecule has 0 bridgehead atoms. The fourth-order valence-corrected chi connectivity index (χ4v) is 4.83. The van der Waals surface area contributed by atoms with Gasteiger partial charge in [-0.05, 0) is 61.0 Å². The Balaban J connectivity index is 1.51. The molecule has 2 heteroatoms. The maximum absolute atomic E-state index is 12.7. The normalized spacial score (nSPS) is 27.4. The van der Waals surface area contributed by atoms with E-state index in [0.717, 1.165) is 29.7 Å². The van der Waals surface area contributed by atoms with Crippen molar-refractivity contribution >= 4 is 5.57 Å². The van der Waals surface area contributed by atoms with Crippen molar-refractivity contribution in [1.29, 1.82) is 0 Å². The van der Waals surface area contributed by atoms with E-state index in [0.29, 0.717) is 0 Å². The molecule has 0 amide bonds. The van der Waals surface area contributed by atoms with Crippen molar-refractivity contribution in [1.82, 2.24) is 0 Å². The maximum atomic E-state index is 12.7. The molecule has 1 unspecified atom stereocenters. The quantitative estimate of drug-likeness (QED) is 0.493. The molecule has 0 heterocycles. The van der Waals surface area contributed by atoms with Crippen LogP contribution >= 0.6 is 0 Å². The molecular formula is C23H32F2. The third kappa shape index (κ3) is 4.92. The average Bonchev–Trinajstić information content (AvgIpc) is 2.67.